The van der Waals surface area contributed by atoms with Crippen molar-refractivity contribution in [2.75, 3.05) is 9.80 Å². The molecule has 16 heteroatoms. The van der Waals surface area contributed by atoms with Crippen molar-refractivity contribution in [1.82, 2.24) is 0 Å². The molecule has 52 heavy (non-hydrogen) atoms. The van der Waals surface area contributed by atoms with Crippen molar-refractivity contribution in [3.05, 3.63) is 143 Å². The zero-order valence-corrected chi connectivity index (χ0v) is 26.1. The van der Waals surface area contributed by atoms with Gasteiger partial charge in [-0.2, -0.15) is 52.7 Å². The molecule has 2 amide bonds. The van der Waals surface area contributed by atoms with Crippen LogP contribution in [0.15, 0.2) is 109 Å². The highest BCUT2D eigenvalue weighted by Gasteiger charge is 2.46. The molecule has 0 spiro atoms. The lowest BCUT2D eigenvalue weighted by molar-refractivity contribution is -0.170. The van der Waals surface area contributed by atoms with E-state index in [-0.39, 0.29) is 68.1 Å². The third-order valence-corrected chi connectivity index (χ3v) is 7.83. The van der Waals surface area contributed by atoms with Crippen LogP contribution in [0.4, 0.5) is 64.1 Å². The first-order chi connectivity index (χ1) is 24.2. The number of carbonyl (C=O) groups is 2. The van der Waals surface area contributed by atoms with Crippen molar-refractivity contribution in [2.45, 2.75) is 37.8 Å². The van der Waals surface area contributed by atoms with Crippen LogP contribution < -0.4 is 9.80 Å². The number of nitrogens with zero attached hydrogens (tertiary/aromatic N) is 2. The van der Waals surface area contributed by atoms with Crippen LogP contribution >= 0.6 is 0 Å². The van der Waals surface area contributed by atoms with Crippen molar-refractivity contribution < 1.29 is 62.3 Å². The number of alkyl halides is 12. The molecule has 0 saturated carbocycles. The van der Waals surface area contributed by atoms with Gasteiger partial charge < -0.3 is 0 Å². The smallest absolute Gasteiger partial charge is 0.300 e. The number of allylic oxidation sites excluding steroid dienone is 2. The van der Waals surface area contributed by atoms with Gasteiger partial charge in [-0.3, -0.25) is 19.4 Å². The molecule has 0 saturated heterocycles. The van der Waals surface area contributed by atoms with Crippen molar-refractivity contribution in [3.63, 3.8) is 0 Å². The monoisotopic (exact) mass is 742 g/mol. The lowest BCUT2D eigenvalue weighted by atomic mass is 9.94. The SMILES string of the molecule is O=C(N1Cc2ccccc2/C(=C/C(F)(F)F)c2ccccc21)C(F)(F)F.O=C(N1Cc2ccccc2/C(=C/C(F)(F)F)c2ccccc21)C(F)(F)F. The molecule has 0 fully saturated rings. The van der Waals surface area contributed by atoms with Crippen LogP contribution in [-0.4, -0.2) is 36.5 Å². The molecule has 0 bridgehead atoms. The van der Waals surface area contributed by atoms with Gasteiger partial charge in [0.15, 0.2) is 0 Å². The van der Waals surface area contributed by atoms with E-state index >= 15 is 0 Å². The summed E-state index contributed by atoms with van der Waals surface area (Å²) >= 11 is 0. The van der Waals surface area contributed by atoms with Crippen LogP contribution in [0.1, 0.15) is 33.4 Å². The van der Waals surface area contributed by atoms with Crippen LogP contribution in [-0.2, 0) is 22.7 Å². The average molecular weight is 743 g/mol. The van der Waals surface area contributed by atoms with E-state index in [0.717, 1.165) is 0 Å². The quantitative estimate of drug-likeness (QED) is 0.168. The minimum absolute atomic E-state index is 0.0478. The summed E-state index contributed by atoms with van der Waals surface area (Å²) in [6, 6.07) is 22.1. The highest BCUT2D eigenvalue weighted by Crippen LogP contribution is 2.43. The molecule has 272 valence electrons. The number of amides is 2. The lowest BCUT2D eigenvalue weighted by Crippen LogP contribution is -2.40. The van der Waals surface area contributed by atoms with Crippen molar-refractivity contribution in [3.8, 4) is 0 Å². The highest BCUT2D eigenvalue weighted by atomic mass is 19.4. The largest absolute Gasteiger partial charge is 0.471 e. The van der Waals surface area contributed by atoms with Gasteiger partial charge in [0.2, 0.25) is 0 Å². The normalized spacial score (nSPS) is 16.1. The van der Waals surface area contributed by atoms with Crippen LogP contribution in [0.25, 0.3) is 11.1 Å². The summed E-state index contributed by atoms with van der Waals surface area (Å²) < 4.78 is 157. The van der Waals surface area contributed by atoms with Gasteiger partial charge in [0, 0.05) is 23.3 Å². The van der Waals surface area contributed by atoms with Gasteiger partial charge in [-0.05, 0) is 45.5 Å². The predicted molar refractivity (Wildman–Crippen MR) is 167 cm³/mol. The molecular formula is C36H22F12N2O2. The summed E-state index contributed by atoms with van der Waals surface area (Å²) in [6.45, 7) is -0.971. The van der Waals surface area contributed by atoms with E-state index in [0.29, 0.717) is 9.80 Å². The fourth-order valence-corrected chi connectivity index (χ4v) is 5.82. The fraction of sp³-hybridized carbons (Fsp3) is 0.167. The number of hydrogen-bond acceptors (Lipinski definition) is 2. The maximum absolute atomic E-state index is 13.1. The first-order valence-electron chi connectivity index (χ1n) is 14.9. The molecule has 2 aliphatic heterocycles. The Balaban J connectivity index is 0.000000201. The molecule has 0 radical (unpaired) electrons. The van der Waals surface area contributed by atoms with Crippen molar-refractivity contribution in [1.29, 1.82) is 0 Å². The number of anilines is 2. The summed E-state index contributed by atoms with van der Waals surface area (Å²) in [5.74, 6) is -4.26. The number of halogens is 12. The summed E-state index contributed by atoms with van der Waals surface area (Å²) in [5, 5.41) is 0. The molecule has 0 N–H and O–H groups in total. The molecule has 4 aromatic carbocycles. The van der Waals surface area contributed by atoms with E-state index in [1.54, 1.807) is 0 Å². The zero-order chi connectivity index (χ0) is 38.2. The van der Waals surface area contributed by atoms with Crippen LogP contribution in [0.3, 0.4) is 0 Å². The molecule has 0 unspecified atom stereocenters. The molecular weight excluding hydrogens is 720 g/mol. The molecule has 4 aromatic rings. The van der Waals surface area contributed by atoms with Crippen LogP contribution in [0.2, 0.25) is 0 Å². The maximum atomic E-state index is 13.1. The molecule has 4 nitrogen and oxygen atoms in total. The third-order valence-electron chi connectivity index (χ3n) is 7.83. The lowest BCUT2D eigenvalue weighted by Gasteiger charge is -2.24. The van der Waals surface area contributed by atoms with E-state index in [9.17, 15) is 62.3 Å². The topological polar surface area (TPSA) is 40.6 Å². The Hall–Kier alpha value is -5.54. The zero-order valence-electron chi connectivity index (χ0n) is 26.1. The first-order valence-corrected chi connectivity index (χ1v) is 14.9. The Bertz CT molecular complexity index is 1910. The molecule has 0 atom stereocenters. The van der Waals surface area contributed by atoms with Crippen LogP contribution in [0, 0.1) is 0 Å². The third kappa shape index (κ3) is 8.32. The van der Waals surface area contributed by atoms with E-state index in [1.807, 2.05) is 0 Å². The summed E-state index contributed by atoms with van der Waals surface area (Å²) in [7, 11) is 0. The first kappa shape index (κ1) is 37.7. The number of carbonyl (C=O) groups excluding carboxylic acids is 2. The number of fused-ring (bicyclic) bond motifs is 4. The second-order valence-electron chi connectivity index (χ2n) is 11.3. The summed E-state index contributed by atoms with van der Waals surface area (Å²) in [5.41, 5.74) is -0.525. The fourth-order valence-electron chi connectivity index (χ4n) is 5.82. The molecule has 2 aliphatic rings. The minimum atomic E-state index is -5.15. The van der Waals surface area contributed by atoms with E-state index < -0.39 is 49.6 Å². The Morgan fingerprint density at radius 1 is 0.442 bits per heavy atom. The van der Waals surface area contributed by atoms with Crippen LogP contribution in [0.5, 0.6) is 0 Å². The summed E-state index contributed by atoms with van der Waals surface area (Å²) in [6.07, 6.45) is -19.6. The average Bonchev–Trinajstić information content (AvgIpc) is 3.27. The maximum Gasteiger partial charge on any atom is 0.471 e. The van der Waals surface area contributed by atoms with Gasteiger partial charge in [-0.15, -0.1) is 0 Å². The Kier molecular flexibility index (Phi) is 10.1. The molecule has 0 aromatic heterocycles. The molecule has 2 heterocycles. The van der Waals surface area contributed by atoms with Gasteiger partial charge in [0.1, 0.15) is 0 Å². The summed E-state index contributed by atoms with van der Waals surface area (Å²) in [4.78, 5) is 24.7. The second kappa shape index (κ2) is 13.9. The van der Waals surface area contributed by atoms with Gasteiger partial charge in [-0.25, -0.2) is 0 Å². The Labute approximate surface area is 286 Å². The standard InChI is InChI=1S/2C18H11F6NO/c2*19-17(20,21)9-14-12-6-2-1-5-11(12)10-25(16(26)18(22,23)24)15-8-4-3-7-13(14)15/h2*1-9H,10H2/b2*14-9-. The second-order valence-corrected chi connectivity index (χ2v) is 11.3. The number of benzene rings is 4. The number of para-hydroxylation sites is 2. The minimum Gasteiger partial charge on any atom is -0.300 e. The van der Waals surface area contributed by atoms with E-state index in [4.69, 9.17) is 0 Å². The van der Waals surface area contributed by atoms with E-state index in [1.165, 1.54) is 97.1 Å². The van der Waals surface area contributed by atoms with Crippen molar-refractivity contribution >= 4 is 34.3 Å². The molecule has 0 aliphatic carbocycles. The highest BCUT2D eigenvalue weighted by molar-refractivity contribution is 6.03. The van der Waals surface area contributed by atoms with Gasteiger partial charge in [-0.1, -0.05) is 84.9 Å². The van der Waals surface area contributed by atoms with Gasteiger partial charge in [0.05, 0.1) is 24.5 Å². The molecule has 6 rings (SSSR count). The van der Waals surface area contributed by atoms with Crippen molar-refractivity contribution in [2.24, 2.45) is 0 Å². The van der Waals surface area contributed by atoms with Gasteiger partial charge >= 0.3 is 36.5 Å². The Morgan fingerprint density at radius 2 is 0.731 bits per heavy atom. The Morgan fingerprint density at radius 3 is 1.04 bits per heavy atom. The number of rotatable bonds is 0. The predicted octanol–water partition coefficient (Wildman–Crippen LogP) is 10.2. The number of hydrogen-bond donors (Lipinski definition) is 0. The van der Waals surface area contributed by atoms with E-state index in [2.05, 4.69) is 0 Å². The van der Waals surface area contributed by atoms with Gasteiger partial charge in [0.25, 0.3) is 0 Å².